The van der Waals surface area contributed by atoms with E-state index in [2.05, 4.69) is 6.92 Å². The average molecular weight is 615 g/mol. The van der Waals surface area contributed by atoms with Gasteiger partial charge in [-0.15, -0.1) is 0 Å². The maximum absolute atomic E-state index is 11.5. The van der Waals surface area contributed by atoms with Gasteiger partial charge in [-0.1, -0.05) is 174 Å². The second-order valence-corrected chi connectivity index (χ2v) is 11.9. The van der Waals surface area contributed by atoms with Crippen LogP contribution in [0.4, 0.5) is 0 Å². The number of aliphatic carboxylic acids is 2. The van der Waals surface area contributed by atoms with Gasteiger partial charge >= 0.3 is 103 Å². The Hall–Kier alpha value is 2.21. The number of unbranched alkanes of at least 4 members (excludes halogenated alkanes) is 25. The molecule has 0 N–H and O–H groups in total. The van der Waals surface area contributed by atoms with E-state index in [-0.39, 0.29) is 115 Å². The molecule has 4 nitrogen and oxygen atoms in total. The zero-order valence-electron chi connectivity index (χ0n) is 27.4. The normalized spacial score (nSPS) is 11.5. The summed E-state index contributed by atoms with van der Waals surface area (Å²) in [6.07, 6.45) is 35.6. The predicted molar refractivity (Wildman–Crippen MR) is 158 cm³/mol. The third kappa shape index (κ3) is 38.2. The van der Waals surface area contributed by atoms with Crippen molar-refractivity contribution < 1.29 is 123 Å². The number of carboxylic acid groups (broad SMARTS) is 2. The molecular formula is C34H64K2O4. The van der Waals surface area contributed by atoms with Crippen molar-refractivity contribution in [3.05, 3.63) is 0 Å². The Morgan fingerprint density at radius 2 is 0.675 bits per heavy atom. The molecule has 0 saturated carbocycles. The van der Waals surface area contributed by atoms with E-state index in [1.165, 1.54) is 135 Å². The molecule has 6 heteroatoms. The van der Waals surface area contributed by atoms with Crippen molar-refractivity contribution in [1.29, 1.82) is 0 Å². The van der Waals surface area contributed by atoms with Crippen molar-refractivity contribution in [2.45, 2.75) is 200 Å². The third-order valence-electron chi connectivity index (χ3n) is 8.17. The van der Waals surface area contributed by atoms with Crippen LogP contribution in [0.15, 0.2) is 0 Å². The Bertz CT molecular complexity index is 516. The minimum absolute atomic E-state index is 0. The summed E-state index contributed by atoms with van der Waals surface area (Å²) in [4.78, 5) is 21.9. The van der Waals surface area contributed by atoms with Gasteiger partial charge in [0.15, 0.2) is 0 Å². The van der Waals surface area contributed by atoms with Gasteiger partial charge in [0.25, 0.3) is 0 Å². The van der Waals surface area contributed by atoms with Crippen LogP contribution >= 0.6 is 0 Å². The van der Waals surface area contributed by atoms with Gasteiger partial charge in [-0.25, -0.2) is 0 Å². The number of carbonyl (C=O) groups excluding carboxylic acids is 2. The van der Waals surface area contributed by atoms with Crippen molar-refractivity contribution in [3.8, 4) is 0 Å². The largest absolute Gasteiger partial charge is 1.00 e. The molecule has 0 aliphatic heterocycles. The predicted octanol–water partition coefficient (Wildman–Crippen LogP) is 2.83. The maximum Gasteiger partial charge on any atom is 1.00 e. The van der Waals surface area contributed by atoms with Gasteiger partial charge < -0.3 is 19.8 Å². The Labute approximate surface area is 335 Å². The van der Waals surface area contributed by atoms with Crippen LogP contribution < -0.4 is 113 Å². The number of hydrogen-bond donors (Lipinski definition) is 0. The molecule has 226 valence electrons. The number of carboxylic acids is 2. The van der Waals surface area contributed by atoms with E-state index in [4.69, 9.17) is 0 Å². The monoisotopic (exact) mass is 614 g/mol. The molecule has 0 aliphatic carbocycles. The molecule has 0 aromatic carbocycles. The summed E-state index contributed by atoms with van der Waals surface area (Å²) in [5.74, 6) is -2.00. The molecule has 0 aliphatic rings. The van der Waals surface area contributed by atoms with Gasteiger partial charge in [-0.2, -0.15) is 0 Å². The summed E-state index contributed by atoms with van der Waals surface area (Å²) in [6, 6.07) is 0. The van der Waals surface area contributed by atoms with Crippen LogP contribution in [0.5, 0.6) is 0 Å². The Morgan fingerprint density at radius 3 is 0.925 bits per heavy atom. The molecule has 40 heavy (non-hydrogen) atoms. The van der Waals surface area contributed by atoms with Crippen molar-refractivity contribution in [2.24, 2.45) is 5.92 Å². The summed E-state index contributed by atoms with van der Waals surface area (Å²) < 4.78 is 0. The second kappa shape index (κ2) is 39.2. The zero-order chi connectivity index (χ0) is 27.9. The van der Waals surface area contributed by atoms with Gasteiger partial charge in [0, 0.05) is 11.9 Å². The molecule has 1 atom stereocenters. The molecule has 0 spiro atoms. The molecule has 0 bridgehead atoms. The van der Waals surface area contributed by atoms with Crippen LogP contribution in [0, 0.1) is 5.92 Å². The molecule has 0 radical (unpaired) electrons. The van der Waals surface area contributed by atoms with E-state index in [9.17, 15) is 19.8 Å². The summed E-state index contributed by atoms with van der Waals surface area (Å²) in [5.41, 5.74) is 0. The van der Waals surface area contributed by atoms with E-state index >= 15 is 0 Å². The van der Waals surface area contributed by atoms with Crippen LogP contribution in [0.1, 0.15) is 200 Å². The smallest absolute Gasteiger partial charge is 0.550 e. The van der Waals surface area contributed by atoms with Crippen LogP contribution in [0.3, 0.4) is 0 Å². The quantitative estimate of drug-likeness (QED) is 0.0863. The molecule has 0 heterocycles. The van der Waals surface area contributed by atoms with Crippen molar-refractivity contribution in [2.75, 3.05) is 0 Å². The van der Waals surface area contributed by atoms with E-state index in [0.29, 0.717) is 0 Å². The first-order valence-corrected chi connectivity index (χ1v) is 17.0. The summed E-state index contributed by atoms with van der Waals surface area (Å²) in [5, 5.41) is 21.9. The maximum atomic E-state index is 11.5. The first-order valence-electron chi connectivity index (χ1n) is 17.0. The minimum Gasteiger partial charge on any atom is -0.550 e. The first-order chi connectivity index (χ1) is 18.6. The van der Waals surface area contributed by atoms with Gasteiger partial charge in [0.05, 0.1) is 0 Å². The molecule has 1 unspecified atom stereocenters. The Morgan fingerprint density at radius 1 is 0.425 bits per heavy atom. The van der Waals surface area contributed by atoms with E-state index in [1.807, 2.05) is 0 Å². The van der Waals surface area contributed by atoms with Crippen molar-refractivity contribution >= 4 is 11.9 Å². The van der Waals surface area contributed by atoms with Gasteiger partial charge in [0.1, 0.15) is 0 Å². The number of hydrogen-bond acceptors (Lipinski definition) is 4. The molecule has 0 aromatic rings. The fraction of sp³-hybridized carbons (Fsp3) is 0.941. The molecule has 0 amide bonds. The summed E-state index contributed by atoms with van der Waals surface area (Å²) in [7, 11) is 0. The summed E-state index contributed by atoms with van der Waals surface area (Å²) >= 11 is 0. The van der Waals surface area contributed by atoms with Crippen LogP contribution in [0.25, 0.3) is 0 Å². The average Bonchev–Trinajstić information content (AvgIpc) is 2.89. The Kier molecular flexibility index (Phi) is 45.7. The number of rotatable bonds is 32. The van der Waals surface area contributed by atoms with Gasteiger partial charge in [-0.05, 0) is 31.6 Å². The van der Waals surface area contributed by atoms with Crippen molar-refractivity contribution in [1.82, 2.24) is 0 Å². The molecule has 0 fully saturated rings. The fourth-order valence-corrected chi connectivity index (χ4v) is 5.57. The molecule has 0 rings (SSSR count). The van der Waals surface area contributed by atoms with Crippen LogP contribution in [-0.2, 0) is 9.59 Å². The molecule has 0 aromatic heterocycles. The molecule has 0 saturated heterocycles. The molecular weight excluding hydrogens is 551 g/mol. The van der Waals surface area contributed by atoms with E-state index in [1.54, 1.807) is 0 Å². The van der Waals surface area contributed by atoms with E-state index in [0.717, 1.165) is 51.4 Å². The zero-order valence-corrected chi connectivity index (χ0v) is 33.7. The van der Waals surface area contributed by atoms with Crippen LogP contribution in [0.2, 0.25) is 0 Å². The Balaban J connectivity index is -0.00000684. The number of carbonyl (C=O) groups is 2. The topological polar surface area (TPSA) is 80.3 Å². The van der Waals surface area contributed by atoms with Gasteiger partial charge in [-0.3, -0.25) is 0 Å². The first kappa shape index (κ1) is 46.6. The van der Waals surface area contributed by atoms with E-state index < -0.39 is 11.9 Å². The summed E-state index contributed by atoms with van der Waals surface area (Å²) in [6.45, 7) is 2.27. The SMILES string of the molecule is CCCCCCCCCCCCCCCCC(CCCCCCCCCCCCCCCC(=O)[O-])C(=O)[O-].[K+].[K+]. The van der Waals surface area contributed by atoms with Crippen molar-refractivity contribution in [3.63, 3.8) is 0 Å². The standard InChI is InChI=1S/C34H66O4.2K/c1-2-3-4-5-6-7-8-9-11-14-17-20-23-26-29-32(34(37)38)30-27-24-21-18-15-12-10-13-16-19-22-25-28-31-33(35)36;;/h32H,2-31H2,1H3,(H,35,36)(H,37,38);;/q;2*+1/p-2. The van der Waals surface area contributed by atoms with Gasteiger partial charge in [0.2, 0.25) is 0 Å². The van der Waals surface area contributed by atoms with Crippen LogP contribution in [-0.4, -0.2) is 11.9 Å². The third-order valence-corrected chi connectivity index (χ3v) is 8.17. The minimum atomic E-state index is -0.927. The fourth-order valence-electron chi connectivity index (χ4n) is 5.57. The second-order valence-electron chi connectivity index (χ2n) is 11.9.